The number of carbonyl (C=O) groups is 6. The van der Waals surface area contributed by atoms with Crippen LogP contribution in [0.3, 0.4) is 0 Å². The van der Waals surface area contributed by atoms with Gasteiger partial charge in [0.15, 0.2) is 0 Å². The van der Waals surface area contributed by atoms with Crippen LogP contribution < -0.4 is 31.3 Å². The number of hydrogen-bond acceptors (Lipinski definition) is 12. The Kier molecular flexibility index (Phi) is 21.5. The van der Waals surface area contributed by atoms with Crippen LogP contribution in [0.15, 0.2) is 113 Å². The van der Waals surface area contributed by atoms with Crippen LogP contribution in [0.25, 0.3) is 0 Å². The quantitative estimate of drug-likeness (QED) is 0.0637. The van der Waals surface area contributed by atoms with Crippen LogP contribution >= 0.6 is 0 Å². The topological polar surface area (TPSA) is 241 Å². The molecule has 0 aliphatic rings. The predicted octanol–water partition coefficient (Wildman–Crippen LogP) is 3.13. The Morgan fingerprint density at radius 3 is 1.62 bits per heavy atom. The van der Waals surface area contributed by atoms with Crippen molar-refractivity contribution in [3.8, 4) is 5.75 Å². The molecular weight excluding hydrogens is 935 g/mol. The van der Waals surface area contributed by atoms with E-state index < -0.39 is 105 Å². The molecule has 4 aromatic rings. The largest absolute Gasteiger partial charge is 0.489 e. The fourth-order valence-corrected chi connectivity index (χ4v) is 7.84. The Labute approximate surface area is 404 Å². The van der Waals surface area contributed by atoms with Gasteiger partial charge in [0.1, 0.15) is 42.7 Å². The molecule has 5 N–H and O–H groups in total. The highest BCUT2D eigenvalue weighted by Crippen LogP contribution is 2.17. The van der Waals surface area contributed by atoms with E-state index in [0.29, 0.717) is 32.2 Å². The molecule has 0 heterocycles. The summed E-state index contributed by atoms with van der Waals surface area (Å²) in [5.41, 5.74) is 1.96. The Morgan fingerprint density at radius 2 is 1.07 bits per heavy atom. The van der Waals surface area contributed by atoms with E-state index in [0.717, 1.165) is 5.56 Å². The summed E-state index contributed by atoms with van der Waals surface area (Å²) < 4.78 is 52.2. The number of hydrogen-bond donors (Lipinski definition) is 5. The minimum Gasteiger partial charge on any atom is -0.489 e. The average Bonchev–Trinajstić information content (AvgIpc) is 3.29. The zero-order valence-corrected chi connectivity index (χ0v) is 41.3. The van der Waals surface area contributed by atoms with Crippen LogP contribution in [0.5, 0.6) is 5.75 Å². The molecule has 366 valence electrons. The van der Waals surface area contributed by atoms with E-state index in [1.54, 1.807) is 124 Å². The maximum absolute atomic E-state index is 13.8. The molecule has 4 aromatic carbocycles. The van der Waals surface area contributed by atoms with Gasteiger partial charge < -0.3 is 40.8 Å². The molecule has 4 rings (SSSR count). The Bertz CT molecular complexity index is 2410. The van der Waals surface area contributed by atoms with Gasteiger partial charge in [-0.25, -0.2) is 9.59 Å². The Balaban J connectivity index is 1.35. The number of amides is 5. The summed E-state index contributed by atoms with van der Waals surface area (Å²) in [7, 11) is -3.60. The van der Waals surface area contributed by atoms with E-state index in [2.05, 4.69) is 26.6 Å². The number of carbonyl (C=O) groups excluding carboxylic acids is 6. The van der Waals surface area contributed by atoms with Crippen LogP contribution in [0.2, 0.25) is 0 Å². The molecule has 68 heavy (non-hydrogen) atoms. The predicted molar refractivity (Wildman–Crippen MR) is 259 cm³/mol. The fraction of sp³-hybridized carbons (Fsp3) is 0.375. The summed E-state index contributed by atoms with van der Waals surface area (Å²) in [5.74, 6) is -3.12. The summed E-state index contributed by atoms with van der Waals surface area (Å²) in [4.78, 5) is 80.8. The van der Waals surface area contributed by atoms with Gasteiger partial charge in [-0.1, -0.05) is 66.7 Å². The molecule has 0 fully saturated rings. The van der Waals surface area contributed by atoms with Gasteiger partial charge in [-0.05, 0) is 85.8 Å². The summed E-state index contributed by atoms with van der Waals surface area (Å²) in [5, 5.41) is 12.7. The van der Waals surface area contributed by atoms with Gasteiger partial charge in [0.25, 0.3) is 0 Å². The summed E-state index contributed by atoms with van der Waals surface area (Å²) in [6.45, 7) is 3.98. The highest BCUT2D eigenvalue weighted by molar-refractivity contribution is 7.84. The Morgan fingerprint density at radius 1 is 0.559 bits per heavy atom. The van der Waals surface area contributed by atoms with Crippen molar-refractivity contribution in [3.63, 3.8) is 0 Å². The van der Waals surface area contributed by atoms with Crippen molar-refractivity contribution in [2.24, 2.45) is 0 Å². The highest BCUT2D eigenvalue weighted by atomic mass is 32.2. The van der Waals surface area contributed by atoms with Crippen molar-refractivity contribution in [3.05, 3.63) is 125 Å². The van der Waals surface area contributed by atoms with E-state index in [1.165, 1.54) is 6.26 Å². The minimum absolute atomic E-state index is 0.00917. The highest BCUT2D eigenvalue weighted by Gasteiger charge is 2.29. The average molecular weight is 994 g/mol. The first kappa shape index (κ1) is 54.4. The molecular formula is C48H59N5O12S3. The SMILES string of the molecule is CS(=O)CC[C@H](NC(=O)[C@H](Cc1ccccc1)NC(=O)CNC(=O)CNC(=O)[C@H](Cc1ccc(OCc2ccc(S(C)=O)cc2)cc1)NC(=O)OC(C)(C)C)C(=O)OCc1ccc(S(C)=O)cc1. The van der Waals surface area contributed by atoms with Gasteiger partial charge in [-0.3, -0.25) is 31.8 Å². The van der Waals surface area contributed by atoms with Crippen molar-refractivity contribution in [1.29, 1.82) is 0 Å². The fourth-order valence-electron chi connectivity index (χ4n) is 6.23. The lowest BCUT2D eigenvalue weighted by Crippen LogP contribution is -2.54. The zero-order valence-electron chi connectivity index (χ0n) is 38.8. The van der Waals surface area contributed by atoms with Gasteiger partial charge in [-0.15, -0.1) is 0 Å². The first-order valence-corrected chi connectivity index (χ1v) is 26.3. The van der Waals surface area contributed by atoms with E-state index >= 15 is 0 Å². The van der Waals surface area contributed by atoms with Gasteiger partial charge in [0.05, 0.1) is 13.1 Å². The maximum atomic E-state index is 13.8. The third kappa shape index (κ3) is 19.9. The maximum Gasteiger partial charge on any atom is 0.408 e. The van der Waals surface area contributed by atoms with Gasteiger partial charge in [0, 0.05) is 79.6 Å². The van der Waals surface area contributed by atoms with E-state index in [1.807, 2.05) is 12.1 Å². The second-order valence-corrected chi connectivity index (χ2v) is 20.9. The standard InChI is InChI=1S/C48H59N5O12S3/c1-48(2,3)65-47(59)53-40(27-33-12-18-36(19-13-33)63-30-34-14-20-37(21-15-34)67(5)61)44(56)50-28-42(54)49-29-43(55)51-41(26-32-10-8-7-9-11-32)45(57)52-39(24-25-66(4)60)46(58)64-31-35-16-22-38(23-17-35)68(6)62/h7-23,39-41H,24-31H2,1-6H3,(H,49,54)(H,50,56)(H,51,55)(H,52,57)(H,53,59)/t39-,40-,41-,66?,67?,68?/m0/s1. The molecule has 20 heteroatoms. The first-order chi connectivity index (χ1) is 32.2. The molecule has 0 saturated heterocycles. The zero-order chi connectivity index (χ0) is 49.8. The number of benzene rings is 4. The summed E-state index contributed by atoms with van der Waals surface area (Å²) >= 11 is 0. The molecule has 0 spiro atoms. The van der Waals surface area contributed by atoms with Crippen molar-refractivity contribution in [2.75, 3.05) is 37.6 Å². The molecule has 0 aliphatic heterocycles. The monoisotopic (exact) mass is 993 g/mol. The lowest BCUT2D eigenvalue weighted by atomic mass is 10.0. The van der Waals surface area contributed by atoms with E-state index in [-0.39, 0.29) is 38.2 Å². The number of esters is 1. The van der Waals surface area contributed by atoms with Crippen LogP contribution in [-0.2, 0) is 91.9 Å². The van der Waals surface area contributed by atoms with Crippen LogP contribution in [0.1, 0.15) is 49.4 Å². The van der Waals surface area contributed by atoms with Gasteiger partial charge in [-0.2, -0.15) is 0 Å². The normalized spacial score (nSPS) is 13.8. The molecule has 6 atom stereocenters. The molecule has 5 amide bonds. The van der Waals surface area contributed by atoms with Crippen molar-refractivity contribution >= 4 is 68.1 Å². The second-order valence-electron chi connectivity index (χ2n) is 16.6. The van der Waals surface area contributed by atoms with Gasteiger partial charge in [0.2, 0.25) is 23.6 Å². The van der Waals surface area contributed by atoms with Gasteiger partial charge >= 0.3 is 12.1 Å². The van der Waals surface area contributed by atoms with E-state index in [9.17, 15) is 41.4 Å². The second kappa shape index (κ2) is 26.9. The third-order valence-electron chi connectivity index (χ3n) is 9.77. The van der Waals surface area contributed by atoms with Crippen LogP contribution in [0.4, 0.5) is 4.79 Å². The first-order valence-electron chi connectivity index (χ1n) is 21.5. The lowest BCUT2D eigenvalue weighted by molar-refractivity contribution is -0.149. The summed E-state index contributed by atoms with van der Waals surface area (Å²) in [6, 6.07) is 25.9. The number of rotatable bonds is 24. The third-order valence-corrected chi connectivity index (χ3v) is 12.4. The lowest BCUT2D eigenvalue weighted by Gasteiger charge is -2.23. The number of nitrogens with one attached hydrogen (secondary N) is 5. The van der Waals surface area contributed by atoms with Crippen molar-refractivity contribution in [1.82, 2.24) is 26.6 Å². The van der Waals surface area contributed by atoms with Crippen molar-refractivity contribution in [2.45, 2.75) is 86.8 Å². The molecule has 0 saturated carbocycles. The molecule has 0 radical (unpaired) electrons. The Hall–Kier alpha value is -6.25. The molecule has 0 aromatic heterocycles. The molecule has 0 aliphatic carbocycles. The van der Waals surface area contributed by atoms with Crippen LogP contribution in [-0.4, -0.2) is 110 Å². The molecule has 3 unspecified atom stereocenters. The van der Waals surface area contributed by atoms with Crippen molar-refractivity contribution < 1.29 is 55.6 Å². The smallest absolute Gasteiger partial charge is 0.408 e. The summed E-state index contributed by atoms with van der Waals surface area (Å²) in [6.07, 6.45) is 3.76. The van der Waals surface area contributed by atoms with Crippen LogP contribution in [0, 0.1) is 0 Å². The van der Waals surface area contributed by atoms with E-state index in [4.69, 9.17) is 14.2 Å². The number of ether oxygens (including phenoxy) is 3. The minimum atomic E-state index is -1.31. The molecule has 0 bridgehead atoms. The molecule has 17 nitrogen and oxygen atoms in total. The number of alkyl carbamates (subject to hydrolysis) is 1.